The average Bonchev–Trinajstić information content (AvgIpc) is 2.21. The molecule has 0 bridgehead atoms. The van der Waals surface area contributed by atoms with Crippen LogP contribution in [0.5, 0.6) is 0 Å². The van der Waals surface area contributed by atoms with Crippen LogP contribution in [-0.2, 0) is 14.3 Å². The number of carbonyl (C=O) groups excluding carboxylic acids is 1. The molecule has 0 radical (unpaired) electrons. The maximum absolute atomic E-state index is 11.4. The first-order valence-electron chi connectivity index (χ1n) is 6.07. The Morgan fingerprint density at radius 2 is 1.94 bits per heavy atom. The molecular formula is C12H25NO3. The molecule has 0 amide bonds. The fraction of sp³-hybridized carbons (Fsp3) is 0.917. The van der Waals surface area contributed by atoms with Crippen LogP contribution in [0.1, 0.15) is 40.0 Å². The summed E-state index contributed by atoms with van der Waals surface area (Å²) in [7, 11) is 0. The summed E-state index contributed by atoms with van der Waals surface area (Å²) in [6.07, 6.45) is 2.81. The summed E-state index contributed by atoms with van der Waals surface area (Å²) in [5.74, 6) is 0.0798. The van der Waals surface area contributed by atoms with Crippen molar-refractivity contribution >= 4 is 5.97 Å². The van der Waals surface area contributed by atoms with Crippen LogP contribution in [0.2, 0.25) is 0 Å². The summed E-state index contributed by atoms with van der Waals surface area (Å²) in [5.41, 5.74) is 5.67. The van der Waals surface area contributed by atoms with Gasteiger partial charge in [-0.15, -0.1) is 0 Å². The molecule has 16 heavy (non-hydrogen) atoms. The Hall–Kier alpha value is -0.610. The van der Waals surface area contributed by atoms with E-state index in [1.807, 2.05) is 13.8 Å². The van der Waals surface area contributed by atoms with Crippen LogP contribution >= 0.6 is 0 Å². The number of ether oxygens (including phenoxy) is 2. The Balaban J connectivity index is 3.42. The van der Waals surface area contributed by atoms with Crippen LogP contribution in [-0.4, -0.2) is 31.8 Å². The molecule has 0 heterocycles. The maximum atomic E-state index is 11.4. The van der Waals surface area contributed by atoms with Crippen molar-refractivity contribution in [3.63, 3.8) is 0 Å². The van der Waals surface area contributed by atoms with Gasteiger partial charge in [-0.3, -0.25) is 4.79 Å². The third-order valence-electron chi connectivity index (χ3n) is 2.14. The lowest BCUT2D eigenvalue weighted by atomic mass is 10.1. The second-order valence-corrected chi connectivity index (χ2v) is 4.37. The van der Waals surface area contributed by atoms with E-state index >= 15 is 0 Å². The van der Waals surface area contributed by atoms with Crippen LogP contribution in [0.3, 0.4) is 0 Å². The van der Waals surface area contributed by atoms with Crippen LogP contribution in [0, 0.1) is 5.92 Å². The summed E-state index contributed by atoms with van der Waals surface area (Å²) in [6.45, 7) is 7.65. The summed E-state index contributed by atoms with van der Waals surface area (Å²) in [6, 6.07) is -0.504. The first-order valence-corrected chi connectivity index (χ1v) is 6.07. The van der Waals surface area contributed by atoms with Crippen LogP contribution in [0.4, 0.5) is 0 Å². The topological polar surface area (TPSA) is 61.5 Å². The molecule has 0 aliphatic carbocycles. The van der Waals surface area contributed by atoms with Crippen molar-refractivity contribution in [2.24, 2.45) is 11.7 Å². The van der Waals surface area contributed by atoms with Gasteiger partial charge in [-0.1, -0.05) is 27.2 Å². The van der Waals surface area contributed by atoms with E-state index in [1.165, 1.54) is 0 Å². The van der Waals surface area contributed by atoms with Gasteiger partial charge in [0.25, 0.3) is 0 Å². The zero-order valence-electron chi connectivity index (χ0n) is 10.7. The number of unbranched alkanes of at least 4 members (excludes halogenated alkanes) is 1. The first kappa shape index (κ1) is 15.4. The van der Waals surface area contributed by atoms with Gasteiger partial charge in [0, 0.05) is 6.61 Å². The van der Waals surface area contributed by atoms with Crippen molar-refractivity contribution in [3.8, 4) is 0 Å². The van der Waals surface area contributed by atoms with E-state index in [-0.39, 0.29) is 5.97 Å². The largest absolute Gasteiger partial charge is 0.462 e. The van der Waals surface area contributed by atoms with E-state index in [9.17, 15) is 4.79 Å². The molecule has 2 N–H and O–H groups in total. The van der Waals surface area contributed by atoms with E-state index in [1.54, 1.807) is 0 Å². The van der Waals surface area contributed by atoms with Gasteiger partial charge in [-0.2, -0.15) is 0 Å². The molecule has 4 nitrogen and oxygen atoms in total. The molecule has 0 unspecified atom stereocenters. The fourth-order valence-electron chi connectivity index (χ4n) is 1.26. The molecule has 0 fully saturated rings. The Morgan fingerprint density at radius 1 is 1.25 bits per heavy atom. The van der Waals surface area contributed by atoms with Crippen LogP contribution in [0.15, 0.2) is 0 Å². The normalized spacial score (nSPS) is 12.8. The number of hydrogen-bond donors (Lipinski definition) is 1. The Bertz CT molecular complexity index is 183. The average molecular weight is 231 g/mol. The number of nitrogens with two attached hydrogens (primary N) is 1. The summed E-state index contributed by atoms with van der Waals surface area (Å²) in [4.78, 5) is 11.4. The van der Waals surface area contributed by atoms with Crippen molar-refractivity contribution in [1.82, 2.24) is 0 Å². The summed E-state index contributed by atoms with van der Waals surface area (Å²) >= 11 is 0. The van der Waals surface area contributed by atoms with E-state index in [0.29, 0.717) is 25.6 Å². The van der Waals surface area contributed by atoms with Crippen LogP contribution < -0.4 is 5.73 Å². The highest BCUT2D eigenvalue weighted by molar-refractivity contribution is 5.75. The highest BCUT2D eigenvalue weighted by Crippen LogP contribution is 2.03. The molecule has 0 saturated carbocycles. The molecule has 4 heteroatoms. The van der Waals surface area contributed by atoms with Crippen LogP contribution in [0.25, 0.3) is 0 Å². The predicted octanol–water partition coefficient (Wildman–Crippen LogP) is 1.72. The third-order valence-corrected chi connectivity index (χ3v) is 2.14. The minimum Gasteiger partial charge on any atom is -0.462 e. The number of carbonyl (C=O) groups is 1. The summed E-state index contributed by atoms with van der Waals surface area (Å²) < 4.78 is 10.3. The van der Waals surface area contributed by atoms with Gasteiger partial charge in [0.15, 0.2) is 0 Å². The molecule has 0 aliphatic heterocycles. The summed E-state index contributed by atoms with van der Waals surface area (Å²) in [5, 5.41) is 0. The standard InChI is InChI=1S/C12H25NO3/c1-4-5-6-15-7-8-16-12(14)11(13)9-10(2)3/h10-11H,4-9,13H2,1-3H3/t11-/m0/s1. The molecule has 96 valence electrons. The van der Waals surface area contributed by atoms with Crippen molar-refractivity contribution in [2.45, 2.75) is 46.1 Å². The van der Waals surface area contributed by atoms with E-state index in [4.69, 9.17) is 15.2 Å². The van der Waals surface area contributed by atoms with Crippen molar-refractivity contribution in [1.29, 1.82) is 0 Å². The van der Waals surface area contributed by atoms with E-state index in [2.05, 4.69) is 6.92 Å². The van der Waals surface area contributed by atoms with Crippen molar-refractivity contribution in [3.05, 3.63) is 0 Å². The van der Waals surface area contributed by atoms with Gasteiger partial charge >= 0.3 is 5.97 Å². The molecule has 1 atom stereocenters. The number of esters is 1. The second kappa shape index (κ2) is 9.60. The van der Waals surface area contributed by atoms with Gasteiger partial charge in [-0.05, 0) is 18.8 Å². The number of hydrogen-bond acceptors (Lipinski definition) is 4. The fourth-order valence-corrected chi connectivity index (χ4v) is 1.26. The zero-order valence-corrected chi connectivity index (χ0v) is 10.7. The molecule has 0 saturated heterocycles. The molecule has 0 aromatic rings. The minimum absolute atomic E-state index is 0.300. The Labute approximate surface area is 98.5 Å². The molecule has 0 rings (SSSR count). The molecular weight excluding hydrogens is 206 g/mol. The molecule has 0 aromatic heterocycles. The Kier molecular flexibility index (Phi) is 9.24. The second-order valence-electron chi connectivity index (χ2n) is 4.37. The highest BCUT2D eigenvalue weighted by Gasteiger charge is 2.15. The lowest BCUT2D eigenvalue weighted by molar-refractivity contribution is -0.147. The molecule has 0 aromatic carbocycles. The smallest absolute Gasteiger partial charge is 0.322 e. The van der Waals surface area contributed by atoms with E-state index < -0.39 is 6.04 Å². The highest BCUT2D eigenvalue weighted by atomic mass is 16.6. The van der Waals surface area contributed by atoms with E-state index in [0.717, 1.165) is 19.4 Å². The van der Waals surface area contributed by atoms with Gasteiger partial charge in [-0.25, -0.2) is 0 Å². The quantitative estimate of drug-likeness (QED) is 0.485. The first-order chi connectivity index (χ1) is 7.57. The Morgan fingerprint density at radius 3 is 2.50 bits per heavy atom. The zero-order chi connectivity index (χ0) is 12.4. The van der Waals surface area contributed by atoms with Crippen molar-refractivity contribution in [2.75, 3.05) is 19.8 Å². The van der Waals surface area contributed by atoms with Gasteiger partial charge in [0.2, 0.25) is 0 Å². The maximum Gasteiger partial charge on any atom is 0.322 e. The lowest BCUT2D eigenvalue weighted by Gasteiger charge is -2.13. The monoisotopic (exact) mass is 231 g/mol. The molecule has 0 spiro atoms. The predicted molar refractivity (Wildman–Crippen MR) is 64.1 cm³/mol. The van der Waals surface area contributed by atoms with Gasteiger partial charge < -0.3 is 15.2 Å². The van der Waals surface area contributed by atoms with Gasteiger partial charge in [0.05, 0.1) is 6.61 Å². The SMILES string of the molecule is CCCCOCCOC(=O)[C@@H](N)CC(C)C. The minimum atomic E-state index is -0.504. The third kappa shape index (κ3) is 8.68. The lowest BCUT2D eigenvalue weighted by Crippen LogP contribution is -2.34. The van der Waals surface area contributed by atoms with Crippen molar-refractivity contribution < 1.29 is 14.3 Å². The molecule has 0 aliphatic rings. The van der Waals surface area contributed by atoms with Gasteiger partial charge in [0.1, 0.15) is 12.6 Å². The number of rotatable bonds is 9.